The molecule has 12 nitrogen and oxygen atoms in total. The fourth-order valence-electron chi connectivity index (χ4n) is 5.18. The molecule has 0 fully saturated rings. The lowest BCUT2D eigenvalue weighted by Gasteiger charge is -2.39. The van der Waals surface area contributed by atoms with Crippen LogP contribution < -0.4 is 0 Å². The van der Waals surface area contributed by atoms with Crippen LogP contribution in [0.2, 0.25) is 0 Å². The smallest absolute Gasteiger partial charge is 0.254 e. The monoisotopic (exact) mass is 594 g/mol. The Morgan fingerprint density at radius 1 is 0.512 bits per heavy atom. The van der Waals surface area contributed by atoms with E-state index in [-0.39, 0.29) is 59.1 Å². The summed E-state index contributed by atoms with van der Waals surface area (Å²) >= 11 is 0. The van der Waals surface area contributed by atoms with E-state index in [9.17, 15) is 38.4 Å². The van der Waals surface area contributed by atoms with Gasteiger partial charge in [-0.2, -0.15) is 0 Å². The van der Waals surface area contributed by atoms with Gasteiger partial charge < -0.3 is 0 Å². The third-order valence-electron chi connectivity index (χ3n) is 8.13. The molecule has 4 aliphatic heterocycles. The highest BCUT2D eigenvalue weighted by molar-refractivity contribution is 6.14. The Morgan fingerprint density at radius 3 is 1.33 bits per heavy atom. The molecular weight excluding hydrogens is 556 g/mol. The lowest BCUT2D eigenvalue weighted by Crippen LogP contribution is -2.51. The van der Waals surface area contributed by atoms with E-state index in [0.717, 1.165) is 19.3 Å². The third kappa shape index (κ3) is 8.08. The first-order valence-corrected chi connectivity index (χ1v) is 14.4. The highest BCUT2D eigenvalue weighted by Crippen LogP contribution is 2.31. The van der Waals surface area contributed by atoms with E-state index in [2.05, 4.69) is 0 Å². The molecule has 12 heteroatoms. The van der Waals surface area contributed by atoms with Gasteiger partial charge in [-0.25, -0.2) is 0 Å². The van der Waals surface area contributed by atoms with Gasteiger partial charge in [0.15, 0.2) is 0 Å². The summed E-state index contributed by atoms with van der Waals surface area (Å²) in [6, 6.07) is 0. The molecular formula is C31H38N4O8. The number of carbonyl (C=O) groups is 8. The van der Waals surface area contributed by atoms with Crippen molar-refractivity contribution in [3.05, 3.63) is 48.6 Å². The number of rotatable bonds is 13. The van der Waals surface area contributed by atoms with E-state index in [0.29, 0.717) is 32.5 Å². The average Bonchev–Trinajstić information content (AvgIpc) is 3.66. The minimum absolute atomic E-state index is 0.110. The Bertz CT molecular complexity index is 1250. The first-order chi connectivity index (χ1) is 20.2. The van der Waals surface area contributed by atoms with E-state index in [1.165, 1.54) is 68.2 Å². The van der Waals surface area contributed by atoms with Crippen molar-refractivity contribution in [2.45, 2.75) is 65.3 Å². The largest absolute Gasteiger partial charge is 0.275 e. The molecule has 4 aliphatic rings. The molecule has 4 rings (SSSR count). The minimum Gasteiger partial charge on any atom is -0.275 e. The number of carbonyl (C=O) groups excluding carboxylic acids is 8. The van der Waals surface area contributed by atoms with Gasteiger partial charge in [-0.15, -0.1) is 0 Å². The fourth-order valence-corrected chi connectivity index (χ4v) is 5.18. The summed E-state index contributed by atoms with van der Waals surface area (Å²) < 4.78 is 0. The van der Waals surface area contributed by atoms with Gasteiger partial charge in [-0.3, -0.25) is 58.0 Å². The van der Waals surface area contributed by atoms with Crippen LogP contribution in [-0.4, -0.2) is 92.0 Å². The molecule has 2 unspecified atom stereocenters. The predicted molar refractivity (Wildman–Crippen MR) is 154 cm³/mol. The van der Waals surface area contributed by atoms with Gasteiger partial charge in [0.25, 0.3) is 47.3 Å². The van der Waals surface area contributed by atoms with Crippen LogP contribution in [0, 0.1) is 11.8 Å². The van der Waals surface area contributed by atoms with E-state index in [1.54, 1.807) is 0 Å². The Balaban J connectivity index is 0.000000238. The van der Waals surface area contributed by atoms with Crippen molar-refractivity contribution in [2.75, 3.05) is 19.6 Å². The number of hydrogen-bond donors (Lipinski definition) is 0. The maximum Gasteiger partial charge on any atom is 0.254 e. The van der Waals surface area contributed by atoms with Gasteiger partial charge in [-0.1, -0.05) is 20.3 Å². The Hall–Kier alpha value is -4.48. The summed E-state index contributed by atoms with van der Waals surface area (Å²) in [7, 11) is 0. The van der Waals surface area contributed by atoms with Gasteiger partial charge >= 0.3 is 0 Å². The lowest BCUT2D eigenvalue weighted by molar-refractivity contribution is -0.145. The summed E-state index contributed by atoms with van der Waals surface area (Å²) in [5.74, 6) is -1.95. The van der Waals surface area contributed by atoms with Crippen LogP contribution >= 0.6 is 0 Å². The second kappa shape index (κ2) is 14.1. The van der Waals surface area contributed by atoms with E-state index < -0.39 is 5.54 Å². The van der Waals surface area contributed by atoms with Crippen LogP contribution in [0.4, 0.5) is 0 Å². The Labute approximate surface area is 250 Å². The second-order valence-electron chi connectivity index (χ2n) is 11.6. The van der Waals surface area contributed by atoms with Crippen LogP contribution in [0.1, 0.15) is 59.8 Å². The lowest BCUT2D eigenvalue weighted by atomic mass is 9.83. The first-order valence-electron chi connectivity index (χ1n) is 14.4. The van der Waals surface area contributed by atoms with Crippen LogP contribution in [-0.2, 0) is 38.4 Å². The van der Waals surface area contributed by atoms with Crippen molar-refractivity contribution in [1.29, 1.82) is 0 Å². The molecule has 4 heterocycles. The predicted octanol–water partition coefficient (Wildman–Crippen LogP) is 1.67. The van der Waals surface area contributed by atoms with Gasteiger partial charge in [0.05, 0.1) is 0 Å². The normalized spacial score (nSPS) is 19.5. The topological polar surface area (TPSA) is 150 Å². The molecule has 8 amide bonds. The van der Waals surface area contributed by atoms with E-state index in [4.69, 9.17) is 0 Å². The molecule has 0 aliphatic carbocycles. The minimum atomic E-state index is -0.571. The van der Waals surface area contributed by atoms with Crippen molar-refractivity contribution >= 4 is 47.3 Å². The van der Waals surface area contributed by atoms with Crippen molar-refractivity contribution in [1.82, 2.24) is 19.6 Å². The number of nitrogens with zero attached hydrogens (tertiary/aromatic N) is 4. The first kappa shape index (κ1) is 33.0. The quantitative estimate of drug-likeness (QED) is 0.231. The maximum atomic E-state index is 11.8. The zero-order chi connectivity index (χ0) is 31.9. The van der Waals surface area contributed by atoms with Crippen LogP contribution in [0.25, 0.3) is 0 Å². The molecule has 0 aromatic carbocycles. The molecule has 0 saturated carbocycles. The molecule has 0 spiro atoms. The summed E-state index contributed by atoms with van der Waals surface area (Å²) in [5.41, 5.74) is -0.571. The van der Waals surface area contributed by atoms with Crippen molar-refractivity contribution < 1.29 is 38.4 Å². The number of imide groups is 4. The third-order valence-corrected chi connectivity index (χ3v) is 8.13. The van der Waals surface area contributed by atoms with Crippen molar-refractivity contribution in [2.24, 2.45) is 11.8 Å². The van der Waals surface area contributed by atoms with Crippen LogP contribution in [0.15, 0.2) is 48.6 Å². The van der Waals surface area contributed by atoms with Gasteiger partial charge in [0, 0.05) is 73.8 Å². The fraction of sp³-hybridized carbons (Fsp3) is 0.484. The zero-order valence-electron chi connectivity index (χ0n) is 25.0. The highest BCUT2D eigenvalue weighted by atomic mass is 16.2. The summed E-state index contributed by atoms with van der Waals surface area (Å²) in [5, 5.41) is 0. The molecule has 230 valence electrons. The highest BCUT2D eigenvalue weighted by Gasteiger charge is 2.40. The molecule has 0 N–H and O–H groups in total. The number of hydrogen-bond acceptors (Lipinski definition) is 8. The van der Waals surface area contributed by atoms with Crippen LogP contribution in [0.5, 0.6) is 0 Å². The van der Waals surface area contributed by atoms with Crippen molar-refractivity contribution in [3.8, 4) is 0 Å². The standard InChI is InChI=1S/C17H22N2O4.C14H16N2O4/c1-12(17(2,3)19-15(22)9-10-16(19)23)6-4-5-11-18-13(20)7-8-14(18)21;1-10(9-16-13(19)6-7-14(16)20)3-2-8-15-11(17)4-5-12(15)18/h7-10,12H,4-6,11H2,1-3H3;4-7,10H,2-3,8-9H2,1H3. The summed E-state index contributed by atoms with van der Waals surface area (Å²) in [4.78, 5) is 97.0. The number of unbranched alkanes of at least 4 members (excludes halogenated alkanes) is 1. The molecule has 0 bridgehead atoms. The Kier molecular flexibility index (Phi) is 10.8. The average molecular weight is 595 g/mol. The van der Waals surface area contributed by atoms with Gasteiger partial charge in [-0.05, 0) is 51.4 Å². The summed E-state index contributed by atoms with van der Waals surface area (Å²) in [6.07, 6.45) is 13.9. The van der Waals surface area contributed by atoms with Gasteiger partial charge in [0.1, 0.15) is 0 Å². The van der Waals surface area contributed by atoms with Crippen molar-refractivity contribution in [3.63, 3.8) is 0 Å². The molecule has 0 aromatic heterocycles. The molecule has 2 atom stereocenters. The van der Waals surface area contributed by atoms with E-state index >= 15 is 0 Å². The Morgan fingerprint density at radius 2 is 0.884 bits per heavy atom. The number of amides is 8. The zero-order valence-corrected chi connectivity index (χ0v) is 25.0. The van der Waals surface area contributed by atoms with E-state index in [1.807, 2.05) is 27.7 Å². The molecule has 0 aromatic rings. The molecule has 0 saturated heterocycles. The molecule has 0 radical (unpaired) electrons. The van der Waals surface area contributed by atoms with Gasteiger partial charge in [0.2, 0.25) is 0 Å². The molecule has 43 heavy (non-hydrogen) atoms. The summed E-state index contributed by atoms with van der Waals surface area (Å²) in [6.45, 7) is 8.86. The second-order valence-corrected chi connectivity index (χ2v) is 11.6. The maximum absolute atomic E-state index is 11.8. The van der Waals surface area contributed by atoms with Crippen LogP contribution in [0.3, 0.4) is 0 Å². The SMILES string of the molecule is CC(CCCCN1C(=O)C=CC1=O)C(C)(C)N1C(=O)C=CC1=O.CC(CCCN1C(=O)C=CC1=O)CN1C(=O)C=CC1=O.